The second kappa shape index (κ2) is 11.3. The predicted molar refractivity (Wildman–Crippen MR) is 124 cm³/mol. The molecule has 3 rings (SSSR count). The molecule has 0 saturated carbocycles. The Kier molecular flexibility index (Phi) is 8.27. The lowest BCUT2D eigenvalue weighted by Crippen LogP contribution is -2.44. The van der Waals surface area contributed by atoms with E-state index in [0.717, 1.165) is 11.8 Å². The lowest BCUT2D eigenvalue weighted by atomic mass is 9.78. The molecular weight excluding hydrogens is 461 g/mol. The summed E-state index contributed by atoms with van der Waals surface area (Å²) in [6.07, 6.45) is 0. The zero-order chi connectivity index (χ0) is 24.7. The minimum Gasteiger partial charge on any atom is -0.494 e. The van der Waals surface area contributed by atoms with Gasteiger partial charge in [-0.1, -0.05) is 23.9 Å². The summed E-state index contributed by atoms with van der Waals surface area (Å²) in [7, 11) is 1.17. The minimum atomic E-state index is -1.27. The molecule has 1 aliphatic heterocycles. The van der Waals surface area contributed by atoms with E-state index in [9.17, 15) is 24.0 Å². The summed E-state index contributed by atoms with van der Waals surface area (Å²) in [5.74, 6) is -3.94. The van der Waals surface area contributed by atoms with E-state index in [1.54, 1.807) is 24.3 Å². The number of allylic oxidation sites excluding steroid dienone is 1. The molecule has 34 heavy (non-hydrogen) atoms. The summed E-state index contributed by atoms with van der Waals surface area (Å²) < 4.78 is 23.3. The zero-order valence-electron chi connectivity index (χ0n) is 18.5. The number of thioether (sulfide) groups is 1. The van der Waals surface area contributed by atoms with Crippen LogP contribution in [0.5, 0.6) is 5.75 Å². The molecule has 176 valence electrons. The first-order valence-corrected chi connectivity index (χ1v) is 11.3. The van der Waals surface area contributed by atoms with Crippen molar-refractivity contribution in [2.75, 3.05) is 24.8 Å². The predicted octanol–water partition coefficient (Wildman–Crippen LogP) is 3.33. The summed E-state index contributed by atoms with van der Waals surface area (Å²) in [4.78, 5) is 37.7. The molecule has 0 fully saturated rings. The smallest absolute Gasteiger partial charge is 0.319 e. The van der Waals surface area contributed by atoms with Crippen LogP contribution >= 0.6 is 11.8 Å². The Hall–Kier alpha value is -3.84. The molecule has 2 aromatic rings. The number of carbonyl (C=O) groups is 3. The van der Waals surface area contributed by atoms with E-state index in [0.29, 0.717) is 23.6 Å². The molecular formula is C24H22FN3O5S. The molecule has 8 nitrogen and oxygen atoms in total. The van der Waals surface area contributed by atoms with Gasteiger partial charge in [0.15, 0.2) is 0 Å². The Morgan fingerprint density at radius 3 is 2.44 bits per heavy atom. The summed E-state index contributed by atoms with van der Waals surface area (Å²) in [5.41, 5.74) is 1.10. The maximum Gasteiger partial charge on any atom is 0.319 e. The molecule has 2 amide bonds. The number of methoxy groups -OCH3 is 1. The summed E-state index contributed by atoms with van der Waals surface area (Å²) >= 11 is 0.958. The van der Waals surface area contributed by atoms with E-state index in [1.165, 1.54) is 31.4 Å². The molecule has 2 N–H and O–H groups in total. The molecule has 0 aliphatic carbocycles. The van der Waals surface area contributed by atoms with E-state index in [2.05, 4.69) is 16.7 Å². The highest BCUT2D eigenvalue weighted by Gasteiger charge is 2.44. The highest BCUT2D eigenvalue weighted by molar-refractivity contribution is 8.03. The summed E-state index contributed by atoms with van der Waals surface area (Å²) in [6.45, 7) is 2.32. The fourth-order valence-electron chi connectivity index (χ4n) is 3.49. The number of benzene rings is 2. The number of esters is 1. The largest absolute Gasteiger partial charge is 0.494 e. The molecule has 0 radical (unpaired) electrons. The van der Waals surface area contributed by atoms with Gasteiger partial charge in [0.1, 0.15) is 17.5 Å². The minimum absolute atomic E-state index is 0.128. The van der Waals surface area contributed by atoms with Crippen LogP contribution < -0.4 is 15.4 Å². The van der Waals surface area contributed by atoms with Crippen LogP contribution in [-0.2, 0) is 19.1 Å². The van der Waals surface area contributed by atoms with E-state index < -0.39 is 35.4 Å². The van der Waals surface area contributed by atoms with Crippen LogP contribution in [0.3, 0.4) is 0 Å². The van der Waals surface area contributed by atoms with Crippen LogP contribution in [0.4, 0.5) is 10.1 Å². The van der Waals surface area contributed by atoms with Crippen molar-refractivity contribution in [3.63, 3.8) is 0 Å². The van der Waals surface area contributed by atoms with Crippen LogP contribution in [0.25, 0.3) is 0 Å². The molecule has 2 atom stereocenters. The average Bonchev–Trinajstić information content (AvgIpc) is 2.84. The number of halogens is 1. The van der Waals surface area contributed by atoms with Gasteiger partial charge < -0.3 is 20.1 Å². The van der Waals surface area contributed by atoms with Crippen LogP contribution in [0, 0.1) is 23.1 Å². The Bertz CT molecular complexity index is 1140. The number of rotatable bonds is 8. The number of carbonyl (C=O) groups excluding carboxylic acids is 3. The maximum atomic E-state index is 13.1. The molecule has 0 saturated heterocycles. The highest BCUT2D eigenvalue weighted by atomic mass is 32.2. The Morgan fingerprint density at radius 1 is 1.18 bits per heavy atom. The SMILES string of the molecule is CCOc1ccc([C@@H]2C(C#N)=C(SCC(=O)Nc3ccc(F)cc3)NC(=O)[C@@H]2C(=O)OC)cc1. The van der Waals surface area contributed by atoms with Crippen molar-refractivity contribution in [3.05, 3.63) is 70.5 Å². The van der Waals surface area contributed by atoms with Crippen molar-refractivity contribution in [2.45, 2.75) is 12.8 Å². The highest BCUT2D eigenvalue weighted by Crippen LogP contribution is 2.40. The normalized spacial score (nSPS) is 17.4. The standard InChI is InChI=1S/C24H22FN3O5S/c1-3-33-17-10-4-14(5-11-17)20-18(12-26)23(28-22(30)21(20)24(31)32-2)34-13-19(29)27-16-8-6-15(25)7-9-16/h4-11,20-21H,3,13H2,1-2H3,(H,27,29)(H,28,30)/t20-,21-/m1/s1. The number of anilines is 1. The molecule has 0 bridgehead atoms. The van der Waals surface area contributed by atoms with Crippen molar-refractivity contribution in [1.29, 1.82) is 5.26 Å². The number of nitrogens with one attached hydrogen (secondary N) is 2. The first-order chi connectivity index (χ1) is 16.4. The third-order valence-electron chi connectivity index (χ3n) is 5.01. The Balaban J connectivity index is 1.88. The van der Waals surface area contributed by atoms with E-state index in [1.807, 2.05) is 6.92 Å². The molecule has 0 spiro atoms. The van der Waals surface area contributed by atoms with Gasteiger partial charge in [0.2, 0.25) is 11.8 Å². The van der Waals surface area contributed by atoms with Crippen molar-refractivity contribution in [2.24, 2.45) is 5.92 Å². The molecule has 2 aromatic carbocycles. The molecule has 1 aliphatic rings. The van der Waals surface area contributed by atoms with Gasteiger partial charge in [-0.25, -0.2) is 4.39 Å². The van der Waals surface area contributed by atoms with E-state index >= 15 is 0 Å². The van der Waals surface area contributed by atoms with Crippen molar-refractivity contribution < 1.29 is 28.2 Å². The lowest BCUT2D eigenvalue weighted by Gasteiger charge is -2.31. The van der Waals surface area contributed by atoms with Gasteiger partial charge in [0.25, 0.3) is 0 Å². The topological polar surface area (TPSA) is 118 Å². The molecule has 10 heteroatoms. The number of nitrogens with zero attached hydrogens (tertiary/aromatic N) is 1. The Labute approximate surface area is 200 Å². The third kappa shape index (κ3) is 5.74. The third-order valence-corrected chi connectivity index (χ3v) is 6.03. The second-order valence-electron chi connectivity index (χ2n) is 7.17. The molecule has 1 heterocycles. The second-order valence-corrected chi connectivity index (χ2v) is 8.15. The fourth-order valence-corrected chi connectivity index (χ4v) is 4.33. The quantitative estimate of drug-likeness (QED) is 0.437. The monoisotopic (exact) mass is 483 g/mol. The van der Waals surface area contributed by atoms with E-state index in [4.69, 9.17) is 9.47 Å². The lowest BCUT2D eigenvalue weighted by molar-refractivity contribution is -0.150. The number of ether oxygens (including phenoxy) is 2. The average molecular weight is 484 g/mol. The number of nitriles is 1. The number of hydrogen-bond donors (Lipinski definition) is 2. The fraction of sp³-hybridized carbons (Fsp3) is 0.250. The van der Waals surface area contributed by atoms with Gasteiger partial charge in [-0.3, -0.25) is 14.4 Å². The van der Waals surface area contributed by atoms with Gasteiger partial charge in [0.05, 0.1) is 36.1 Å². The van der Waals surface area contributed by atoms with Gasteiger partial charge >= 0.3 is 5.97 Å². The zero-order valence-corrected chi connectivity index (χ0v) is 19.3. The molecule has 0 unspecified atom stereocenters. The van der Waals surface area contributed by atoms with Crippen LogP contribution in [0.15, 0.2) is 59.1 Å². The summed E-state index contributed by atoms with van der Waals surface area (Å²) in [6, 6.07) is 14.1. The van der Waals surface area contributed by atoms with Gasteiger partial charge in [-0.15, -0.1) is 0 Å². The van der Waals surface area contributed by atoms with Crippen LogP contribution in [-0.4, -0.2) is 37.3 Å². The van der Waals surface area contributed by atoms with E-state index in [-0.39, 0.29) is 16.4 Å². The van der Waals surface area contributed by atoms with Crippen molar-refractivity contribution >= 4 is 35.2 Å². The van der Waals surface area contributed by atoms with Crippen LogP contribution in [0.1, 0.15) is 18.4 Å². The first kappa shape index (κ1) is 24.8. The van der Waals surface area contributed by atoms with Gasteiger partial charge in [-0.2, -0.15) is 5.26 Å². The van der Waals surface area contributed by atoms with Crippen LogP contribution in [0.2, 0.25) is 0 Å². The van der Waals surface area contributed by atoms with Gasteiger partial charge in [0, 0.05) is 11.6 Å². The van der Waals surface area contributed by atoms with Crippen molar-refractivity contribution in [1.82, 2.24) is 5.32 Å². The molecule has 0 aromatic heterocycles. The van der Waals surface area contributed by atoms with Crippen molar-refractivity contribution in [3.8, 4) is 11.8 Å². The first-order valence-electron chi connectivity index (χ1n) is 10.3. The van der Waals surface area contributed by atoms with Gasteiger partial charge in [-0.05, 0) is 48.9 Å². The number of hydrogen-bond acceptors (Lipinski definition) is 7. The Morgan fingerprint density at radius 2 is 1.85 bits per heavy atom. The maximum absolute atomic E-state index is 13.1. The number of amides is 2. The summed E-state index contributed by atoms with van der Waals surface area (Å²) in [5, 5.41) is 15.3.